The van der Waals surface area contributed by atoms with E-state index in [1.165, 1.54) is 0 Å². The van der Waals surface area contributed by atoms with Gasteiger partial charge in [-0.3, -0.25) is 9.59 Å². The minimum Gasteiger partial charge on any atom is -0.375 e. The molecule has 0 fully saturated rings. The van der Waals surface area contributed by atoms with Crippen LogP contribution in [0.15, 0.2) is 54.6 Å². The minimum atomic E-state index is -1.97. The van der Waals surface area contributed by atoms with Crippen molar-refractivity contribution in [3.8, 4) is 0 Å². The minimum absolute atomic E-state index is 0.264. The van der Waals surface area contributed by atoms with Gasteiger partial charge in [-0.1, -0.05) is 53.6 Å². The Hall–Kier alpha value is -2.95. The normalized spacial score (nSPS) is 17.6. The summed E-state index contributed by atoms with van der Waals surface area (Å²) >= 11 is 6.23. The first-order valence-electron chi connectivity index (χ1n) is 10.6. The molecule has 4 nitrogen and oxygen atoms in total. The number of aryl methyl sites for hydroxylation is 4. The van der Waals surface area contributed by atoms with Crippen molar-refractivity contribution >= 4 is 29.0 Å². The molecule has 1 aliphatic rings. The molecule has 0 aromatic heterocycles. The van der Waals surface area contributed by atoms with Gasteiger partial charge in [-0.25, -0.2) is 0 Å². The molecule has 164 valence electrons. The van der Waals surface area contributed by atoms with Crippen LogP contribution in [0, 0.1) is 27.7 Å². The van der Waals surface area contributed by atoms with Crippen LogP contribution in [0.1, 0.15) is 50.2 Å². The van der Waals surface area contributed by atoms with Crippen molar-refractivity contribution in [2.45, 2.75) is 46.3 Å². The quantitative estimate of drug-likeness (QED) is 0.519. The standard InChI is InChI=1S/C27H26ClNO3/c1-16-11-18(3)25(19(4)12-16)24(30)14-27(32)22-13-21(28)9-10-23(22)29(26(27)31)15-20-8-6-5-7-17(20)2/h5-13,32H,14-15H2,1-4H3. The molecule has 5 heteroatoms. The first kappa shape index (κ1) is 22.3. The number of rotatable bonds is 5. The van der Waals surface area contributed by atoms with Crippen LogP contribution in [-0.2, 0) is 16.9 Å². The lowest BCUT2D eigenvalue weighted by molar-refractivity contribution is -0.136. The fourth-order valence-electron chi connectivity index (χ4n) is 4.75. The van der Waals surface area contributed by atoms with Crippen molar-refractivity contribution in [2.75, 3.05) is 4.90 Å². The molecule has 0 saturated carbocycles. The van der Waals surface area contributed by atoms with E-state index in [0.29, 0.717) is 28.4 Å². The number of ketones is 1. The lowest BCUT2D eigenvalue weighted by Crippen LogP contribution is -2.41. The Kier molecular flexibility index (Phi) is 5.70. The number of aliphatic hydroxyl groups is 1. The van der Waals surface area contributed by atoms with Crippen molar-refractivity contribution in [3.05, 3.63) is 98.6 Å². The number of carbonyl (C=O) groups is 2. The third-order valence-electron chi connectivity index (χ3n) is 6.26. The Bertz CT molecular complexity index is 1230. The van der Waals surface area contributed by atoms with Crippen LogP contribution < -0.4 is 4.90 Å². The average Bonchev–Trinajstić information content (AvgIpc) is 2.90. The zero-order chi connectivity index (χ0) is 23.2. The summed E-state index contributed by atoms with van der Waals surface area (Å²) in [5, 5.41) is 12.1. The Labute approximate surface area is 193 Å². The summed E-state index contributed by atoms with van der Waals surface area (Å²) in [4.78, 5) is 28.5. The highest BCUT2D eigenvalue weighted by molar-refractivity contribution is 6.31. The fraction of sp³-hybridized carbons (Fsp3) is 0.259. The maximum absolute atomic E-state index is 13.6. The molecule has 3 aromatic carbocycles. The number of carbonyl (C=O) groups excluding carboxylic acids is 2. The zero-order valence-electron chi connectivity index (χ0n) is 18.7. The second-order valence-electron chi connectivity index (χ2n) is 8.71. The number of fused-ring (bicyclic) bond motifs is 1. The van der Waals surface area contributed by atoms with Gasteiger partial charge in [0.1, 0.15) is 0 Å². The molecule has 0 aliphatic carbocycles. The number of nitrogens with zero attached hydrogens (tertiary/aromatic N) is 1. The van der Waals surface area contributed by atoms with Gasteiger partial charge in [0, 0.05) is 16.1 Å². The molecule has 4 rings (SSSR count). The average molecular weight is 448 g/mol. The van der Waals surface area contributed by atoms with Crippen LogP contribution in [0.25, 0.3) is 0 Å². The van der Waals surface area contributed by atoms with Gasteiger partial charge in [0.2, 0.25) is 0 Å². The maximum atomic E-state index is 13.6. The molecule has 1 N–H and O–H groups in total. The third-order valence-corrected chi connectivity index (χ3v) is 6.49. The summed E-state index contributed by atoms with van der Waals surface area (Å²) in [5.41, 5.74) is 4.30. The molecule has 1 aliphatic heterocycles. The van der Waals surface area contributed by atoms with Crippen LogP contribution in [0.5, 0.6) is 0 Å². The van der Waals surface area contributed by atoms with Crippen molar-refractivity contribution in [1.29, 1.82) is 0 Å². The predicted molar refractivity (Wildman–Crippen MR) is 127 cm³/mol. The molecule has 1 atom stereocenters. The van der Waals surface area contributed by atoms with E-state index in [1.54, 1.807) is 23.1 Å². The van der Waals surface area contributed by atoms with Gasteiger partial charge in [0.05, 0.1) is 18.7 Å². The smallest absolute Gasteiger partial charge is 0.264 e. The summed E-state index contributed by atoms with van der Waals surface area (Å²) < 4.78 is 0. The molecule has 0 saturated heterocycles. The molecule has 32 heavy (non-hydrogen) atoms. The van der Waals surface area contributed by atoms with Gasteiger partial charge < -0.3 is 10.0 Å². The first-order chi connectivity index (χ1) is 15.1. The van der Waals surface area contributed by atoms with Gasteiger partial charge in [-0.05, 0) is 68.1 Å². The van der Waals surface area contributed by atoms with Crippen molar-refractivity contribution in [1.82, 2.24) is 0 Å². The molecule has 3 aromatic rings. The Morgan fingerprint density at radius 2 is 1.62 bits per heavy atom. The van der Waals surface area contributed by atoms with E-state index in [0.717, 1.165) is 27.8 Å². The Balaban J connectivity index is 1.75. The monoisotopic (exact) mass is 447 g/mol. The van der Waals surface area contributed by atoms with Crippen LogP contribution in [-0.4, -0.2) is 16.8 Å². The van der Waals surface area contributed by atoms with E-state index in [9.17, 15) is 14.7 Å². The summed E-state index contributed by atoms with van der Waals surface area (Å²) in [5.74, 6) is -0.770. The summed E-state index contributed by atoms with van der Waals surface area (Å²) in [7, 11) is 0. The van der Waals surface area contributed by atoms with E-state index in [1.807, 2.05) is 64.1 Å². The number of anilines is 1. The first-order valence-corrected chi connectivity index (χ1v) is 11.0. The van der Waals surface area contributed by atoms with Crippen molar-refractivity contribution in [2.24, 2.45) is 0 Å². The van der Waals surface area contributed by atoms with E-state index < -0.39 is 11.5 Å². The molecule has 1 amide bonds. The molecule has 1 unspecified atom stereocenters. The van der Waals surface area contributed by atoms with Crippen molar-refractivity contribution in [3.63, 3.8) is 0 Å². The SMILES string of the molecule is Cc1cc(C)c(C(=O)CC2(O)C(=O)N(Cc3ccccc3C)c3ccc(Cl)cc32)c(C)c1. The zero-order valence-corrected chi connectivity index (χ0v) is 19.5. The Morgan fingerprint density at radius 1 is 0.969 bits per heavy atom. The number of benzene rings is 3. The van der Waals surface area contributed by atoms with E-state index in [-0.39, 0.29) is 12.2 Å². The highest BCUT2D eigenvalue weighted by Crippen LogP contribution is 2.45. The fourth-order valence-corrected chi connectivity index (χ4v) is 4.92. The van der Waals surface area contributed by atoms with Crippen LogP contribution in [0.3, 0.4) is 0 Å². The lowest BCUT2D eigenvalue weighted by Gasteiger charge is -2.24. The number of Topliss-reactive ketones (excluding diaryl/α,β-unsaturated/α-hetero) is 1. The van der Waals surface area contributed by atoms with Gasteiger partial charge in [-0.2, -0.15) is 0 Å². The summed E-state index contributed by atoms with van der Waals surface area (Å²) in [6.45, 7) is 8.02. The molecule has 0 spiro atoms. The third kappa shape index (κ3) is 3.74. The number of hydrogen-bond acceptors (Lipinski definition) is 3. The summed E-state index contributed by atoms with van der Waals surface area (Å²) in [6, 6.07) is 16.7. The summed E-state index contributed by atoms with van der Waals surface area (Å²) in [6.07, 6.45) is -0.339. The highest BCUT2D eigenvalue weighted by atomic mass is 35.5. The van der Waals surface area contributed by atoms with E-state index in [4.69, 9.17) is 11.6 Å². The van der Waals surface area contributed by atoms with Crippen LogP contribution in [0.2, 0.25) is 5.02 Å². The largest absolute Gasteiger partial charge is 0.375 e. The van der Waals surface area contributed by atoms with Crippen LogP contribution in [0.4, 0.5) is 5.69 Å². The molecule has 1 heterocycles. The van der Waals surface area contributed by atoms with Crippen molar-refractivity contribution < 1.29 is 14.7 Å². The van der Waals surface area contributed by atoms with E-state index >= 15 is 0 Å². The second kappa shape index (κ2) is 8.19. The van der Waals surface area contributed by atoms with Gasteiger partial charge in [0.15, 0.2) is 11.4 Å². The van der Waals surface area contributed by atoms with Gasteiger partial charge in [0.25, 0.3) is 5.91 Å². The van der Waals surface area contributed by atoms with Crippen LogP contribution >= 0.6 is 11.6 Å². The Morgan fingerprint density at radius 3 is 2.28 bits per heavy atom. The number of amides is 1. The van der Waals surface area contributed by atoms with Gasteiger partial charge in [-0.15, -0.1) is 0 Å². The molecule has 0 radical (unpaired) electrons. The molecular formula is C27H26ClNO3. The number of hydrogen-bond donors (Lipinski definition) is 1. The number of halogens is 1. The maximum Gasteiger partial charge on any atom is 0.264 e. The topological polar surface area (TPSA) is 57.6 Å². The second-order valence-corrected chi connectivity index (χ2v) is 9.15. The predicted octanol–water partition coefficient (Wildman–Crippen LogP) is 5.58. The van der Waals surface area contributed by atoms with E-state index in [2.05, 4.69) is 0 Å². The highest BCUT2D eigenvalue weighted by Gasteiger charge is 2.51. The molecular weight excluding hydrogens is 422 g/mol. The molecule has 0 bridgehead atoms. The lowest BCUT2D eigenvalue weighted by atomic mass is 9.85. The van der Waals surface area contributed by atoms with Gasteiger partial charge >= 0.3 is 0 Å².